The van der Waals surface area contributed by atoms with Gasteiger partial charge in [0.05, 0.1) is 0 Å². The van der Waals surface area contributed by atoms with E-state index in [2.05, 4.69) is 15.3 Å². The number of hydrogen-bond donors (Lipinski definition) is 1. The maximum absolute atomic E-state index is 13.0. The monoisotopic (exact) mass is 307 g/mol. The van der Waals surface area contributed by atoms with Crippen LogP contribution in [0.25, 0.3) is 0 Å². The van der Waals surface area contributed by atoms with Crippen LogP contribution in [0.15, 0.2) is 30.5 Å². The Morgan fingerprint density at radius 3 is 2.36 bits per heavy atom. The van der Waals surface area contributed by atoms with Crippen LogP contribution in [0.4, 0.5) is 19.1 Å². The summed E-state index contributed by atoms with van der Waals surface area (Å²) >= 11 is 0. The quantitative estimate of drug-likeness (QED) is 0.941. The van der Waals surface area contributed by atoms with Crippen molar-refractivity contribution in [3.63, 3.8) is 0 Å². The van der Waals surface area contributed by atoms with Crippen LogP contribution in [0.3, 0.4) is 0 Å². The summed E-state index contributed by atoms with van der Waals surface area (Å²) in [5.41, 5.74) is 1.72. The maximum atomic E-state index is 13.0. The Labute approximate surface area is 126 Å². The fraction of sp³-hybridized carbons (Fsp3) is 0.375. The van der Waals surface area contributed by atoms with Gasteiger partial charge in [0, 0.05) is 17.8 Å². The molecule has 0 fully saturated rings. The number of aromatic nitrogens is 2. The molecule has 1 aromatic heterocycles. The first kappa shape index (κ1) is 14.8. The molecule has 3 nitrogen and oxygen atoms in total. The number of anilines is 1. The lowest BCUT2D eigenvalue weighted by molar-refractivity contribution is -0.141. The van der Waals surface area contributed by atoms with E-state index in [-0.39, 0.29) is 24.0 Å². The van der Waals surface area contributed by atoms with Gasteiger partial charge in [-0.25, -0.2) is 9.97 Å². The molecule has 0 saturated carbocycles. The van der Waals surface area contributed by atoms with Gasteiger partial charge in [0.15, 0.2) is 5.69 Å². The van der Waals surface area contributed by atoms with E-state index < -0.39 is 11.9 Å². The largest absolute Gasteiger partial charge is 0.433 e. The molecule has 1 N–H and O–H groups in total. The second-order valence-corrected chi connectivity index (χ2v) is 5.44. The van der Waals surface area contributed by atoms with Gasteiger partial charge in [-0.2, -0.15) is 13.2 Å². The second-order valence-electron chi connectivity index (χ2n) is 5.44. The lowest BCUT2D eigenvalue weighted by Gasteiger charge is -2.15. The van der Waals surface area contributed by atoms with E-state index in [0.717, 1.165) is 12.8 Å². The molecule has 3 rings (SSSR count). The van der Waals surface area contributed by atoms with Crippen molar-refractivity contribution < 1.29 is 13.2 Å². The Morgan fingerprint density at radius 1 is 1.18 bits per heavy atom. The fourth-order valence-corrected chi connectivity index (χ4v) is 2.82. The van der Waals surface area contributed by atoms with E-state index >= 15 is 0 Å². The van der Waals surface area contributed by atoms with Gasteiger partial charge < -0.3 is 5.32 Å². The van der Waals surface area contributed by atoms with E-state index in [4.69, 9.17) is 0 Å². The van der Waals surface area contributed by atoms with Crippen LogP contribution < -0.4 is 5.32 Å². The Kier molecular flexibility index (Phi) is 3.76. The molecule has 0 spiro atoms. The van der Waals surface area contributed by atoms with Gasteiger partial charge in [0.2, 0.25) is 5.95 Å². The predicted molar refractivity (Wildman–Crippen MR) is 77.7 cm³/mol. The van der Waals surface area contributed by atoms with Crippen LogP contribution in [0.1, 0.15) is 29.3 Å². The van der Waals surface area contributed by atoms with Gasteiger partial charge in [-0.1, -0.05) is 31.2 Å². The summed E-state index contributed by atoms with van der Waals surface area (Å²) in [6.45, 7) is 1.66. The highest BCUT2D eigenvalue weighted by Crippen LogP contribution is 2.31. The van der Waals surface area contributed by atoms with Gasteiger partial charge in [-0.3, -0.25) is 0 Å². The van der Waals surface area contributed by atoms with Crippen LogP contribution in [0.2, 0.25) is 0 Å². The molecule has 0 bridgehead atoms. The summed E-state index contributed by atoms with van der Waals surface area (Å²) in [5, 5.41) is 3.03. The van der Waals surface area contributed by atoms with Crippen molar-refractivity contribution >= 4 is 5.95 Å². The molecule has 0 atom stereocenters. The first-order valence-corrected chi connectivity index (χ1v) is 7.23. The van der Waals surface area contributed by atoms with Crippen LogP contribution in [-0.4, -0.2) is 16.0 Å². The molecule has 22 heavy (non-hydrogen) atoms. The van der Waals surface area contributed by atoms with Gasteiger partial charge in [-0.15, -0.1) is 0 Å². The first-order chi connectivity index (χ1) is 10.5. The van der Waals surface area contributed by atoms with E-state index in [1.54, 1.807) is 6.92 Å². The summed E-state index contributed by atoms with van der Waals surface area (Å²) < 4.78 is 39.1. The third kappa shape index (κ3) is 2.91. The number of aryl methyl sites for hydroxylation is 1. The van der Waals surface area contributed by atoms with Gasteiger partial charge >= 0.3 is 6.18 Å². The Bertz CT molecular complexity index is 658. The summed E-state index contributed by atoms with van der Waals surface area (Å²) in [7, 11) is 0. The van der Waals surface area contributed by atoms with Crippen molar-refractivity contribution in [1.82, 2.24) is 9.97 Å². The number of benzene rings is 1. The molecule has 1 aromatic carbocycles. The first-order valence-electron chi connectivity index (χ1n) is 7.23. The molecule has 1 heterocycles. The van der Waals surface area contributed by atoms with E-state index in [1.165, 1.54) is 17.3 Å². The van der Waals surface area contributed by atoms with Crippen LogP contribution in [0, 0.1) is 0 Å². The molecular weight excluding hydrogens is 291 g/mol. The molecular formula is C16H16F3N3. The average Bonchev–Trinajstić information content (AvgIpc) is 2.88. The molecule has 116 valence electrons. The van der Waals surface area contributed by atoms with E-state index in [0.29, 0.717) is 0 Å². The number of nitrogens with zero attached hydrogens (tertiary/aromatic N) is 2. The van der Waals surface area contributed by atoms with Crippen molar-refractivity contribution in [3.8, 4) is 0 Å². The van der Waals surface area contributed by atoms with Crippen molar-refractivity contribution in [2.45, 2.75) is 38.4 Å². The smallest absolute Gasteiger partial charge is 0.351 e. The second kappa shape index (κ2) is 5.59. The Balaban J connectivity index is 1.80. The maximum Gasteiger partial charge on any atom is 0.433 e. The summed E-state index contributed by atoms with van der Waals surface area (Å²) in [5.74, 6) is 0.0438. The minimum atomic E-state index is -4.46. The molecule has 1 aliphatic rings. The molecule has 6 heteroatoms. The van der Waals surface area contributed by atoms with Crippen LogP contribution in [-0.2, 0) is 25.4 Å². The number of fused-ring (bicyclic) bond motifs is 1. The molecule has 0 unspecified atom stereocenters. The third-order valence-corrected chi connectivity index (χ3v) is 3.90. The number of hydrogen-bond acceptors (Lipinski definition) is 3. The highest BCUT2D eigenvalue weighted by molar-refractivity contribution is 5.39. The Morgan fingerprint density at radius 2 is 1.82 bits per heavy atom. The summed E-state index contributed by atoms with van der Waals surface area (Å²) in [4.78, 5) is 7.72. The number of alkyl halides is 3. The molecule has 2 aromatic rings. The zero-order valence-electron chi connectivity index (χ0n) is 12.1. The van der Waals surface area contributed by atoms with Crippen molar-refractivity contribution in [2.75, 3.05) is 5.32 Å². The fourth-order valence-electron chi connectivity index (χ4n) is 2.82. The number of halogens is 3. The normalized spacial score (nSPS) is 14.9. The highest BCUT2D eigenvalue weighted by Gasteiger charge is 2.36. The van der Waals surface area contributed by atoms with Gasteiger partial charge in [0.25, 0.3) is 0 Å². The molecule has 0 aliphatic heterocycles. The zero-order chi connectivity index (χ0) is 15.7. The topological polar surface area (TPSA) is 37.8 Å². The average molecular weight is 307 g/mol. The minimum absolute atomic E-state index is 0.0333. The van der Waals surface area contributed by atoms with Gasteiger partial charge in [0.1, 0.15) is 0 Å². The summed E-state index contributed by atoms with van der Waals surface area (Å²) in [6, 6.07) is 8.05. The van der Waals surface area contributed by atoms with E-state index in [9.17, 15) is 13.2 Å². The molecule has 0 amide bonds. The lowest BCUT2D eigenvalue weighted by Crippen LogP contribution is -2.23. The van der Waals surface area contributed by atoms with Crippen molar-refractivity contribution in [2.24, 2.45) is 0 Å². The van der Waals surface area contributed by atoms with Gasteiger partial charge in [-0.05, 0) is 30.4 Å². The zero-order valence-corrected chi connectivity index (χ0v) is 12.1. The Hall–Kier alpha value is -2.11. The SMILES string of the molecule is CCc1cnc(NC2Cc3ccccc3C2)nc1C(F)(F)F. The standard InChI is InChI=1S/C16H16F3N3/c1-2-10-9-20-15(22-14(10)16(17,18)19)21-13-7-11-5-3-4-6-12(11)8-13/h3-6,9,13H,2,7-8H2,1H3,(H,20,21,22). The minimum Gasteiger partial charge on any atom is -0.351 e. The van der Waals surface area contributed by atoms with Crippen LogP contribution >= 0.6 is 0 Å². The molecule has 1 aliphatic carbocycles. The van der Waals surface area contributed by atoms with Crippen molar-refractivity contribution in [3.05, 3.63) is 52.8 Å². The number of nitrogens with one attached hydrogen (secondary N) is 1. The van der Waals surface area contributed by atoms with E-state index in [1.807, 2.05) is 24.3 Å². The summed E-state index contributed by atoms with van der Waals surface area (Å²) in [6.07, 6.45) is -1.39. The third-order valence-electron chi connectivity index (χ3n) is 3.90. The van der Waals surface area contributed by atoms with Crippen molar-refractivity contribution in [1.29, 1.82) is 0 Å². The molecule has 0 radical (unpaired) electrons. The highest BCUT2D eigenvalue weighted by atomic mass is 19.4. The predicted octanol–water partition coefficient (Wildman–Crippen LogP) is 3.64. The number of rotatable bonds is 3. The molecule has 0 saturated heterocycles. The van der Waals surface area contributed by atoms with Crippen LogP contribution in [0.5, 0.6) is 0 Å². The lowest BCUT2D eigenvalue weighted by atomic mass is 10.1.